The van der Waals surface area contributed by atoms with E-state index in [9.17, 15) is 9.59 Å². The number of thiazole rings is 2. The highest BCUT2D eigenvalue weighted by atomic mass is 32.1. The lowest BCUT2D eigenvalue weighted by atomic mass is 10.4. The van der Waals surface area contributed by atoms with Crippen LogP contribution in [0, 0.1) is 13.8 Å². The lowest BCUT2D eigenvalue weighted by molar-refractivity contribution is -0.700. The van der Waals surface area contributed by atoms with Gasteiger partial charge in [-0.1, -0.05) is 22.7 Å². The van der Waals surface area contributed by atoms with Gasteiger partial charge in [-0.05, 0) is 13.8 Å². The molecular formula is C20H30N2O6S2+2. The monoisotopic (exact) mass is 458 g/mol. The molecule has 0 aromatic carbocycles. The van der Waals surface area contributed by atoms with Gasteiger partial charge in [-0.15, -0.1) is 0 Å². The summed E-state index contributed by atoms with van der Waals surface area (Å²) < 4.78 is 25.3. The fourth-order valence-electron chi connectivity index (χ4n) is 2.70. The first-order valence-corrected chi connectivity index (χ1v) is 11.7. The Morgan fingerprint density at radius 3 is 1.53 bits per heavy atom. The van der Waals surface area contributed by atoms with Crippen molar-refractivity contribution in [3.63, 3.8) is 0 Å². The quantitative estimate of drug-likeness (QED) is 0.260. The van der Waals surface area contributed by atoms with Crippen molar-refractivity contribution < 1.29 is 37.7 Å². The molecule has 30 heavy (non-hydrogen) atoms. The summed E-state index contributed by atoms with van der Waals surface area (Å²) >= 11 is 2.76. The molecule has 0 spiro atoms. The topological polar surface area (TPSA) is 78.8 Å². The van der Waals surface area contributed by atoms with Gasteiger partial charge < -0.3 is 18.9 Å². The molecule has 0 atom stereocenters. The van der Waals surface area contributed by atoms with Crippen molar-refractivity contribution >= 4 is 34.6 Å². The third-order valence-electron chi connectivity index (χ3n) is 4.36. The molecule has 2 aromatic heterocycles. The molecule has 0 bridgehead atoms. The molecule has 0 saturated heterocycles. The molecule has 0 aliphatic rings. The maximum Gasteiger partial charge on any atom is 0.355 e. The number of aromatic nitrogens is 2. The number of esters is 2. The summed E-state index contributed by atoms with van der Waals surface area (Å²) in [5.41, 5.74) is 5.60. The molecule has 10 heteroatoms. The van der Waals surface area contributed by atoms with E-state index < -0.39 is 0 Å². The first kappa shape index (κ1) is 24.4. The highest BCUT2D eigenvalue weighted by Crippen LogP contribution is 2.13. The Kier molecular flexibility index (Phi) is 10.4. The van der Waals surface area contributed by atoms with E-state index in [0.717, 1.165) is 11.4 Å². The Labute approximate surface area is 185 Å². The van der Waals surface area contributed by atoms with Crippen molar-refractivity contribution in [2.75, 3.05) is 39.6 Å². The van der Waals surface area contributed by atoms with Crippen molar-refractivity contribution in [3.8, 4) is 0 Å². The Bertz CT molecular complexity index is 765. The Morgan fingerprint density at radius 2 is 1.17 bits per heavy atom. The molecule has 0 N–H and O–H groups in total. The van der Waals surface area contributed by atoms with Crippen molar-refractivity contribution in [2.45, 2.75) is 40.8 Å². The van der Waals surface area contributed by atoms with Crippen LogP contribution in [0.5, 0.6) is 0 Å². The molecule has 0 aliphatic heterocycles. The maximum atomic E-state index is 11.8. The van der Waals surface area contributed by atoms with Crippen molar-refractivity contribution in [1.29, 1.82) is 0 Å². The van der Waals surface area contributed by atoms with Crippen LogP contribution in [0.1, 0.15) is 44.6 Å². The minimum Gasteiger partial charge on any atom is -0.462 e. The normalized spacial score (nSPS) is 10.9. The van der Waals surface area contributed by atoms with Gasteiger partial charge in [0, 0.05) is 13.8 Å². The third kappa shape index (κ3) is 6.83. The van der Waals surface area contributed by atoms with Crippen LogP contribution in [0.2, 0.25) is 0 Å². The largest absolute Gasteiger partial charge is 0.462 e. The smallest absolute Gasteiger partial charge is 0.355 e. The standard InChI is InChI=1S/C20H30N2O6S2/c1-5-27-19(23)17-15(3)21(13-29-17)7-9-25-11-12-26-10-8-22-14-30-18(16(22)4)20(24)28-6-2/h13-14H,5-12H2,1-4H3/q+2. The van der Waals surface area contributed by atoms with E-state index in [1.807, 2.05) is 34.0 Å². The zero-order chi connectivity index (χ0) is 21.9. The van der Waals surface area contributed by atoms with Crippen LogP contribution >= 0.6 is 22.7 Å². The molecule has 0 amide bonds. The number of nitrogens with zero attached hydrogens (tertiary/aromatic N) is 2. The summed E-state index contributed by atoms with van der Waals surface area (Å²) in [5.74, 6) is -0.553. The van der Waals surface area contributed by atoms with Crippen molar-refractivity contribution in [2.24, 2.45) is 0 Å². The predicted octanol–water partition coefficient (Wildman–Crippen LogP) is 2.09. The van der Waals surface area contributed by atoms with Gasteiger partial charge in [0.05, 0.1) is 26.4 Å². The Hall–Kier alpha value is -1.88. The SMILES string of the molecule is CCOC(=O)c1sc[n+](CCOCCOCC[n+]2csc(C(=O)OCC)c2C)c1C. The summed E-state index contributed by atoms with van der Waals surface area (Å²) in [6.45, 7) is 11.6. The van der Waals surface area contributed by atoms with Crippen LogP contribution in [-0.2, 0) is 32.0 Å². The van der Waals surface area contributed by atoms with Crippen molar-refractivity contribution in [1.82, 2.24) is 0 Å². The van der Waals surface area contributed by atoms with Gasteiger partial charge in [-0.3, -0.25) is 0 Å². The average Bonchev–Trinajstić information content (AvgIpc) is 3.27. The number of rotatable bonds is 13. The Balaban J connectivity index is 1.61. The average molecular weight is 459 g/mol. The van der Waals surface area contributed by atoms with Gasteiger partial charge >= 0.3 is 11.9 Å². The second-order valence-corrected chi connectivity index (χ2v) is 8.04. The number of ether oxygens (including phenoxy) is 4. The van der Waals surface area contributed by atoms with Gasteiger partial charge in [-0.2, -0.15) is 9.13 Å². The van der Waals surface area contributed by atoms with Crippen LogP contribution in [-0.4, -0.2) is 51.6 Å². The summed E-state index contributed by atoms with van der Waals surface area (Å²) in [5, 5.41) is 0. The fourth-order valence-corrected chi connectivity index (χ4v) is 4.57. The van der Waals surface area contributed by atoms with E-state index in [1.165, 1.54) is 22.7 Å². The zero-order valence-corrected chi connectivity index (χ0v) is 19.6. The van der Waals surface area contributed by atoms with E-state index in [2.05, 4.69) is 0 Å². The second kappa shape index (κ2) is 12.7. The second-order valence-electron chi connectivity index (χ2n) is 6.33. The number of carbonyl (C=O) groups is 2. The third-order valence-corrected chi connectivity index (χ3v) is 6.48. The highest BCUT2D eigenvalue weighted by Gasteiger charge is 2.23. The van der Waals surface area contributed by atoms with Gasteiger partial charge in [-0.25, -0.2) is 9.59 Å². The van der Waals surface area contributed by atoms with Gasteiger partial charge in [0.1, 0.15) is 13.2 Å². The van der Waals surface area contributed by atoms with Gasteiger partial charge in [0.15, 0.2) is 22.8 Å². The predicted molar refractivity (Wildman–Crippen MR) is 112 cm³/mol. The van der Waals surface area contributed by atoms with E-state index in [4.69, 9.17) is 18.9 Å². The molecule has 0 unspecified atom stereocenters. The molecule has 0 radical (unpaired) electrons. The molecule has 2 rings (SSSR count). The maximum absolute atomic E-state index is 11.8. The summed E-state index contributed by atoms with van der Waals surface area (Å²) in [7, 11) is 0. The minimum absolute atomic E-state index is 0.277. The first-order valence-electron chi connectivity index (χ1n) is 9.94. The van der Waals surface area contributed by atoms with E-state index >= 15 is 0 Å². The minimum atomic E-state index is -0.277. The molecule has 0 saturated carbocycles. The molecule has 2 aromatic rings. The van der Waals surface area contributed by atoms with Crippen molar-refractivity contribution in [3.05, 3.63) is 32.2 Å². The van der Waals surface area contributed by atoms with E-state index in [0.29, 0.717) is 62.5 Å². The zero-order valence-electron chi connectivity index (χ0n) is 18.0. The summed E-state index contributed by atoms with van der Waals surface area (Å²) in [6.07, 6.45) is 0. The number of hydrogen-bond acceptors (Lipinski definition) is 8. The van der Waals surface area contributed by atoms with Crippen LogP contribution < -0.4 is 9.13 Å². The molecule has 0 fully saturated rings. The van der Waals surface area contributed by atoms with Crippen LogP contribution in [0.25, 0.3) is 0 Å². The van der Waals surface area contributed by atoms with Crippen LogP contribution in [0.15, 0.2) is 11.0 Å². The Morgan fingerprint density at radius 1 is 0.767 bits per heavy atom. The lowest BCUT2D eigenvalue weighted by Gasteiger charge is -2.03. The number of carbonyl (C=O) groups excluding carboxylic acids is 2. The molecule has 2 heterocycles. The first-order chi connectivity index (χ1) is 14.5. The molecular weight excluding hydrogens is 428 g/mol. The molecule has 166 valence electrons. The van der Waals surface area contributed by atoms with Crippen LogP contribution in [0.3, 0.4) is 0 Å². The highest BCUT2D eigenvalue weighted by molar-refractivity contribution is 7.11. The number of hydrogen-bond donors (Lipinski definition) is 0. The summed E-state index contributed by atoms with van der Waals surface area (Å²) in [4.78, 5) is 25.0. The molecule has 8 nitrogen and oxygen atoms in total. The molecule has 0 aliphatic carbocycles. The van der Waals surface area contributed by atoms with E-state index in [1.54, 1.807) is 13.8 Å². The van der Waals surface area contributed by atoms with Gasteiger partial charge in [0.2, 0.25) is 22.4 Å². The fraction of sp³-hybridized carbons (Fsp3) is 0.600. The van der Waals surface area contributed by atoms with Gasteiger partial charge in [0.25, 0.3) is 0 Å². The summed E-state index contributed by atoms with van der Waals surface area (Å²) in [6, 6.07) is 0. The van der Waals surface area contributed by atoms with Crippen LogP contribution in [0.4, 0.5) is 0 Å². The van der Waals surface area contributed by atoms with E-state index in [-0.39, 0.29) is 11.9 Å². The lowest BCUT2D eigenvalue weighted by Crippen LogP contribution is -2.38.